The summed E-state index contributed by atoms with van der Waals surface area (Å²) < 4.78 is 5.19. The second kappa shape index (κ2) is 7.77. The van der Waals surface area contributed by atoms with Gasteiger partial charge in [-0.2, -0.15) is 0 Å². The molecule has 1 amide bonds. The molecule has 0 fully saturated rings. The van der Waals surface area contributed by atoms with Crippen molar-refractivity contribution >= 4 is 17.7 Å². The van der Waals surface area contributed by atoms with Gasteiger partial charge in [0.2, 0.25) is 0 Å². The molecule has 1 heterocycles. The van der Waals surface area contributed by atoms with Crippen LogP contribution in [0.25, 0.3) is 0 Å². The van der Waals surface area contributed by atoms with Gasteiger partial charge < -0.3 is 9.64 Å². The molecule has 24 heavy (non-hydrogen) atoms. The molecule has 0 saturated heterocycles. The molecule has 0 atom stereocenters. The van der Waals surface area contributed by atoms with Crippen molar-refractivity contribution in [3.8, 4) is 0 Å². The molecule has 0 saturated carbocycles. The molecule has 0 bridgehead atoms. The van der Waals surface area contributed by atoms with Crippen LogP contribution < -0.4 is 10.2 Å². The van der Waals surface area contributed by atoms with Crippen LogP contribution in [0, 0.1) is 0 Å². The van der Waals surface area contributed by atoms with Gasteiger partial charge in [-0.3, -0.25) is 5.32 Å². The third kappa shape index (κ3) is 5.53. The Morgan fingerprint density at radius 2 is 1.83 bits per heavy atom. The van der Waals surface area contributed by atoms with Crippen LogP contribution in [0.15, 0.2) is 42.5 Å². The highest BCUT2D eigenvalue weighted by Gasteiger charge is 2.17. The van der Waals surface area contributed by atoms with E-state index in [9.17, 15) is 4.79 Å². The first kappa shape index (κ1) is 17.7. The molecule has 6 nitrogen and oxygen atoms in total. The number of benzene rings is 1. The largest absolute Gasteiger partial charge is 0.444 e. The van der Waals surface area contributed by atoms with Gasteiger partial charge >= 0.3 is 6.09 Å². The van der Waals surface area contributed by atoms with Gasteiger partial charge in [-0.1, -0.05) is 30.3 Å². The van der Waals surface area contributed by atoms with E-state index in [2.05, 4.69) is 39.5 Å². The van der Waals surface area contributed by atoms with Gasteiger partial charge in [-0.15, -0.1) is 10.2 Å². The predicted octanol–water partition coefficient (Wildman–Crippen LogP) is 3.85. The van der Waals surface area contributed by atoms with Gasteiger partial charge in [0.25, 0.3) is 0 Å². The smallest absolute Gasteiger partial charge is 0.413 e. The van der Waals surface area contributed by atoms with E-state index in [-0.39, 0.29) is 0 Å². The van der Waals surface area contributed by atoms with E-state index in [4.69, 9.17) is 4.74 Å². The quantitative estimate of drug-likeness (QED) is 0.903. The number of hydrogen-bond donors (Lipinski definition) is 1. The summed E-state index contributed by atoms with van der Waals surface area (Å²) in [7, 11) is 0. The number of ether oxygens (including phenoxy) is 1. The summed E-state index contributed by atoms with van der Waals surface area (Å²) in [6.45, 7) is 9.06. The lowest BCUT2D eigenvalue weighted by molar-refractivity contribution is 0.0635. The van der Waals surface area contributed by atoms with Crippen LogP contribution in [-0.2, 0) is 11.3 Å². The van der Waals surface area contributed by atoms with Crippen molar-refractivity contribution < 1.29 is 9.53 Å². The molecule has 128 valence electrons. The van der Waals surface area contributed by atoms with Crippen molar-refractivity contribution in [1.82, 2.24) is 10.2 Å². The minimum Gasteiger partial charge on any atom is -0.444 e. The molecule has 0 aliphatic carbocycles. The van der Waals surface area contributed by atoms with Crippen LogP contribution in [0.2, 0.25) is 0 Å². The summed E-state index contributed by atoms with van der Waals surface area (Å²) in [5, 5.41) is 10.8. The molecule has 0 unspecified atom stereocenters. The number of nitrogens with one attached hydrogen (secondary N) is 1. The summed E-state index contributed by atoms with van der Waals surface area (Å²) in [6, 6.07) is 13.7. The summed E-state index contributed by atoms with van der Waals surface area (Å²) in [6.07, 6.45) is -0.541. The van der Waals surface area contributed by atoms with Crippen molar-refractivity contribution in [3.63, 3.8) is 0 Å². The zero-order valence-electron chi connectivity index (χ0n) is 14.6. The van der Waals surface area contributed by atoms with Gasteiger partial charge in [-0.25, -0.2) is 4.79 Å². The van der Waals surface area contributed by atoms with Gasteiger partial charge in [-0.05, 0) is 45.4 Å². The third-order valence-electron chi connectivity index (χ3n) is 3.20. The molecular formula is C18H24N4O2. The standard InChI is InChI=1S/C18H24N4O2/c1-5-22(13-14-9-7-6-8-10-14)16-12-11-15(20-21-16)19-17(23)24-18(2,3)4/h6-12H,5,13H2,1-4H3,(H,19,20,23). The van der Waals surface area contributed by atoms with E-state index in [0.717, 1.165) is 18.9 Å². The van der Waals surface area contributed by atoms with Crippen molar-refractivity contribution in [2.45, 2.75) is 39.8 Å². The Kier molecular flexibility index (Phi) is 5.73. The fraction of sp³-hybridized carbons (Fsp3) is 0.389. The molecule has 1 aromatic carbocycles. The molecule has 0 aliphatic rings. The van der Waals surface area contributed by atoms with Crippen molar-refractivity contribution in [2.75, 3.05) is 16.8 Å². The van der Waals surface area contributed by atoms with E-state index in [1.807, 2.05) is 45.0 Å². The van der Waals surface area contributed by atoms with Crippen LogP contribution in [0.3, 0.4) is 0 Å². The maximum absolute atomic E-state index is 11.7. The number of amides is 1. The molecular weight excluding hydrogens is 304 g/mol. The molecule has 6 heteroatoms. The molecule has 2 rings (SSSR count). The predicted molar refractivity (Wildman–Crippen MR) is 95.1 cm³/mol. The fourth-order valence-corrected chi connectivity index (χ4v) is 2.13. The van der Waals surface area contributed by atoms with Gasteiger partial charge in [0.15, 0.2) is 11.6 Å². The average Bonchev–Trinajstić information content (AvgIpc) is 2.52. The van der Waals surface area contributed by atoms with Crippen LogP contribution in [-0.4, -0.2) is 28.4 Å². The number of carbonyl (C=O) groups is 1. The number of anilines is 2. The second-order valence-electron chi connectivity index (χ2n) is 6.40. The van der Waals surface area contributed by atoms with E-state index in [0.29, 0.717) is 5.82 Å². The molecule has 0 radical (unpaired) electrons. The Hall–Kier alpha value is -2.63. The average molecular weight is 328 g/mol. The SMILES string of the molecule is CCN(Cc1ccccc1)c1ccc(NC(=O)OC(C)(C)C)nn1. The first-order valence-electron chi connectivity index (χ1n) is 8.00. The maximum Gasteiger partial charge on any atom is 0.413 e. The Morgan fingerprint density at radius 3 is 2.38 bits per heavy atom. The lowest BCUT2D eigenvalue weighted by Crippen LogP contribution is -2.28. The third-order valence-corrected chi connectivity index (χ3v) is 3.20. The summed E-state index contributed by atoms with van der Waals surface area (Å²) in [4.78, 5) is 13.8. The zero-order chi connectivity index (χ0) is 17.6. The van der Waals surface area contributed by atoms with E-state index in [1.54, 1.807) is 6.07 Å². The minimum absolute atomic E-state index is 0.365. The molecule has 1 N–H and O–H groups in total. The second-order valence-corrected chi connectivity index (χ2v) is 6.40. The molecule has 1 aromatic heterocycles. The highest BCUT2D eigenvalue weighted by atomic mass is 16.6. The van der Waals surface area contributed by atoms with Gasteiger partial charge in [0.05, 0.1) is 0 Å². The summed E-state index contributed by atoms with van der Waals surface area (Å²) in [5.41, 5.74) is 0.656. The summed E-state index contributed by atoms with van der Waals surface area (Å²) >= 11 is 0. The van der Waals surface area contributed by atoms with Crippen molar-refractivity contribution in [1.29, 1.82) is 0 Å². The molecule has 0 spiro atoms. The number of carbonyl (C=O) groups excluding carboxylic acids is 1. The van der Waals surface area contributed by atoms with Gasteiger partial charge in [0, 0.05) is 13.1 Å². The summed E-state index contributed by atoms with van der Waals surface area (Å²) in [5.74, 6) is 1.12. The van der Waals surface area contributed by atoms with Crippen molar-refractivity contribution in [3.05, 3.63) is 48.0 Å². The molecule has 0 aliphatic heterocycles. The van der Waals surface area contributed by atoms with E-state index < -0.39 is 11.7 Å². The highest BCUT2D eigenvalue weighted by molar-refractivity contribution is 5.83. The van der Waals surface area contributed by atoms with Gasteiger partial charge in [0.1, 0.15) is 5.60 Å². The highest BCUT2D eigenvalue weighted by Crippen LogP contribution is 2.16. The Bertz CT molecular complexity index is 651. The minimum atomic E-state index is -0.549. The monoisotopic (exact) mass is 328 g/mol. The van der Waals surface area contributed by atoms with E-state index in [1.165, 1.54) is 5.56 Å². The Balaban J connectivity index is 2.00. The Labute approximate surface area is 142 Å². The van der Waals surface area contributed by atoms with E-state index >= 15 is 0 Å². The number of rotatable bonds is 5. The number of hydrogen-bond acceptors (Lipinski definition) is 5. The molecule has 2 aromatic rings. The zero-order valence-corrected chi connectivity index (χ0v) is 14.6. The fourth-order valence-electron chi connectivity index (χ4n) is 2.13. The maximum atomic E-state index is 11.7. The van der Waals surface area contributed by atoms with Crippen molar-refractivity contribution in [2.24, 2.45) is 0 Å². The van der Waals surface area contributed by atoms with Crippen LogP contribution in [0.1, 0.15) is 33.3 Å². The Morgan fingerprint density at radius 1 is 1.12 bits per heavy atom. The normalized spacial score (nSPS) is 11.0. The first-order chi connectivity index (χ1) is 11.4. The lowest BCUT2D eigenvalue weighted by atomic mass is 10.2. The first-order valence-corrected chi connectivity index (χ1v) is 8.00. The van der Waals surface area contributed by atoms with Crippen LogP contribution in [0.5, 0.6) is 0 Å². The van der Waals surface area contributed by atoms with Crippen LogP contribution >= 0.6 is 0 Å². The number of aromatic nitrogens is 2. The van der Waals surface area contributed by atoms with Crippen LogP contribution in [0.4, 0.5) is 16.4 Å². The topological polar surface area (TPSA) is 67.4 Å². The lowest BCUT2D eigenvalue weighted by Gasteiger charge is -2.22. The number of nitrogens with zero attached hydrogens (tertiary/aromatic N) is 3.